The Balaban J connectivity index is 1.97. The lowest BCUT2D eigenvalue weighted by Crippen LogP contribution is -2.58. The van der Waals surface area contributed by atoms with E-state index in [0.717, 1.165) is 45.2 Å². The molecule has 19 heavy (non-hydrogen) atoms. The van der Waals surface area contributed by atoms with E-state index in [4.69, 9.17) is 0 Å². The molecular formula is C14H25N3O2. The number of carbonyl (C=O) groups excluding carboxylic acids is 2. The number of carbonyl (C=O) groups is 2. The van der Waals surface area contributed by atoms with E-state index in [9.17, 15) is 9.59 Å². The lowest BCUT2D eigenvalue weighted by atomic mass is 9.77. The molecule has 0 saturated carbocycles. The van der Waals surface area contributed by atoms with Gasteiger partial charge in [-0.25, -0.2) is 0 Å². The smallest absolute Gasteiger partial charge is 0.242 e. The number of piperidine rings is 1. The lowest BCUT2D eigenvalue weighted by molar-refractivity contribution is -0.132. The van der Waals surface area contributed by atoms with Crippen molar-refractivity contribution < 1.29 is 9.59 Å². The van der Waals surface area contributed by atoms with E-state index in [0.29, 0.717) is 0 Å². The Morgan fingerprint density at radius 3 is 2.79 bits per heavy atom. The molecule has 0 aromatic rings. The van der Waals surface area contributed by atoms with Crippen LogP contribution in [0.4, 0.5) is 0 Å². The Morgan fingerprint density at radius 1 is 1.26 bits per heavy atom. The van der Waals surface area contributed by atoms with Crippen molar-refractivity contribution in [3.05, 3.63) is 0 Å². The Bertz CT molecular complexity index is 355. The zero-order chi connectivity index (χ0) is 13.9. The molecule has 0 aromatic carbocycles. The molecule has 0 bridgehead atoms. The molecule has 2 fully saturated rings. The van der Waals surface area contributed by atoms with Crippen molar-refractivity contribution in [2.24, 2.45) is 5.41 Å². The van der Waals surface area contributed by atoms with Crippen LogP contribution in [0.2, 0.25) is 0 Å². The second-order valence-corrected chi connectivity index (χ2v) is 6.33. The monoisotopic (exact) mass is 267 g/mol. The lowest BCUT2D eigenvalue weighted by Gasteiger charge is -2.38. The first-order valence-corrected chi connectivity index (χ1v) is 7.32. The standard InChI is InChI=1S/C14H25N3O2/c1-14(2)7-5-9-15-11(14)13(19)17-10-6-3-4-8-16-12(10)18/h10-11,15H,3-9H2,1-2H3,(H,16,18)(H,17,19). The van der Waals surface area contributed by atoms with E-state index in [2.05, 4.69) is 29.8 Å². The molecule has 0 aromatic heterocycles. The van der Waals surface area contributed by atoms with E-state index in [-0.39, 0.29) is 29.3 Å². The fraction of sp³-hybridized carbons (Fsp3) is 0.857. The zero-order valence-electron chi connectivity index (χ0n) is 11.9. The molecule has 2 heterocycles. The highest BCUT2D eigenvalue weighted by Crippen LogP contribution is 2.30. The Hall–Kier alpha value is -1.10. The van der Waals surface area contributed by atoms with E-state index >= 15 is 0 Å². The number of hydrogen-bond acceptors (Lipinski definition) is 3. The van der Waals surface area contributed by atoms with Crippen LogP contribution in [0.1, 0.15) is 46.0 Å². The van der Waals surface area contributed by atoms with Gasteiger partial charge in [-0.2, -0.15) is 0 Å². The molecule has 5 heteroatoms. The summed E-state index contributed by atoms with van der Waals surface area (Å²) in [6.45, 7) is 5.81. The van der Waals surface area contributed by atoms with Gasteiger partial charge in [-0.1, -0.05) is 13.8 Å². The van der Waals surface area contributed by atoms with Crippen LogP contribution in [-0.4, -0.2) is 37.0 Å². The maximum Gasteiger partial charge on any atom is 0.242 e. The predicted octanol–water partition coefficient (Wildman–Crippen LogP) is 0.550. The van der Waals surface area contributed by atoms with Crippen molar-refractivity contribution in [2.45, 2.75) is 58.0 Å². The summed E-state index contributed by atoms with van der Waals surface area (Å²) in [6, 6.07) is -0.563. The largest absolute Gasteiger partial charge is 0.354 e. The van der Waals surface area contributed by atoms with Gasteiger partial charge < -0.3 is 16.0 Å². The minimum Gasteiger partial charge on any atom is -0.354 e. The highest BCUT2D eigenvalue weighted by Gasteiger charge is 2.38. The van der Waals surface area contributed by atoms with Gasteiger partial charge in [0, 0.05) is 6.54 Å². The molecule has 108 valence electrons. The van der Waals surface area contributed by atoms with E-state index in [1.165, 1.54) is 0 Å². The average Bonchev–Trinajstić information content (AvgIpc) is 2.54. The predicted molar refractivity (Wildman–Crippen MR) is 73.6 cm³/mol. The third-order valence-corrected chi connectivity index (χ3v) is 4.24. The summed E-state index contributed by atoms with van der Waals surface area (Å²) in [6.07, 6.45) is 4.84. The van der Waals surface area contributed by atoms with Gasteiger partial charge in [0.25, 0.3) is 0 Å². The van der Waals surface area contributed by atoms with Crippen molar-refractivity contribution in [2.75, 3.05) is 13.1 Å². The fourth-order valence-electron chi connectivity index (χ4n) is 2.99. The van der Waals surface area contributed by atoms with Crippen LogP contribution in [0.25, 0.3) is 0 Å². The Kier molecular flexibility index (Phi) is 4.45. The van der Waals surface area contributed by atoms with Crippen LogP contribution >= 0.6 is 0 Å². The molecule has 3 N–H and O–H groups in total. The SMILES string of the molecule is CC1(C)CCCNC1C(=O)NC1CCCCNC1=O. The zero-order valence-corrected chi connectivity index (χ0v) is 11.9. The third kappa shape index (κ3) is 3.47. The molecular weight excluding hydrogens is 242 g/mol. The summed E-state index contributed by atoms with van der Waals surface area (Å²) in [5.41, 5.74) is -0.0520. The first-order chi connectivity index (χ1) is 9.00. The second-order valence-electron chi connectivity index (χ2n) is 6.33. The van der Waals surface area contributed by atoms with Gasteiger partial charge in [0.05, 0.1) is 6.04 Å². The van der Waals surface area contributed by atoms with Crippen LogP contribution < -0.4 is 16.0 Å². The van der Waals surface area contributed by atoms with Gasteiger partial charge in [-0.05, 0) is 44.1 Å². The number of rotatable bonds is 2. The van der Waals surface area contributed by atoms with Gasteiger partial charge in [0.1, 0.15) is 6.04 Å². The summed E-state index contributed by atoms with van der Waals surface area (Å²) in [4.78, 5) is 24.2. The first kappa shape index (κ1) is 14.3. The summed E-state index contributed by atoms with van der Waals surface area (Å²) in [7, 11) is 0. The molecule has 2 unspecified atom stereocenters. The van der Waals surface area contributed by atoms with Gasteiger partial charge in [0.15, 0.2) is 0 Å². The molecule has 2 aliphatic heterocycles. The molecule has 2 rings (SSSR count). The van der Waals surface area contributed by atoms with Crippen LogP contribution in [0, 0.1) is 5.41 Å². The number of amides is 2. The van der Waals surface area contributed by atoms with Gasteiger partial charge in [-0.15, -0.1) is 0 Å². The van der Waals surface area contributed by atoms with E-state index in [1.54, 1.807) is 0 Å². The molecule has 5 nitrogen and oxygen atoms in total. The van der Waals surface area contributed by atoms with Crippen LogP contribution in [0.5, 0.6) is 0 Å². The first-order valence-electron chi connectivity index (χ1n) is 7.32. The molecule has 2 atom stereocenters. The summed E-state index contributed by atoms with van der Waals surface area (Å²) in [5.74, 6) is -0.0776. The highest BCUT2D eigenvalue weighted by atomic mass is 16.2. The number of nitrogens with one attached hydrogen (secondary N) is 3. The van der Waals surface area contributed by atoms with Gasteiger partial charge >= 0.3 is 0 Å². The second kappa shape index (κ2) is 5.90. The van der Waals surface area contributed by atoms with Crippen LogP contribution in [0.15, 0.2) is 0 Å². The van der Waals surface area contributed by atoms with Crippen molar-refractivity contribution in [1.29, 1.82) is 0 Å². The topological polar surface area (TPSA) is 70.2 Å². The molecule has 0 aliphatic carbocycles. The Labute approximate surface area is 114 Å². The van der Waals surface area contributed by atoms with Gasteiger partial charge in [0.2, 0.25) is 11.8 Å². The van der Waals surface area contributed by atoms with Crippen molar-refractivity contribution >= 4 is 11.8 Å². The van der Waals surface area contributed by atoms with Crippen LogP contribution in [0.3, 0.4) is 0 Å². The molecule has 2 amide bonds. The summed E-state index contributed by atoms with van der Waals surface area (Å²) < 4.78 is 0. The quantitative estimate of drug-likeness (QED) is 0.684. The molecule has 2 saturated heterocycles. The van der Waals surface area contributed by atoms with Crippen LogP contribution in [-0.2, 0) is 9.59 Å². The molecule has 0 radical (unpaired) electrons. The minimum atomic E-state index is -0.366. The highest BCUT2D eigenvalue weighted by molar-refractivity contribution is 5.90. The van der Waals surface area contributed by atoms with Crippen molar-refractivity contribution in [3.63, 3.8) is 0 Å². The summed E-state index contributed by atoms with van der Waals surface area (Å²) >= 11 is 0. The van der Waals surface area contributed by atoms with Crippen molar-refractivity contribution in [1.82, 2.24) is 16.0 Å². The fourth-order valence-corrected chi connectivity index (χ4v) is 2.99. The maximum atomic E-state index is 12.4. The summed E-state index contributed by atoms with van der Waals surface area (Å²) in [5, 5.41) is 9.06. The minimum absolute atomic E-state index is 0.0354. The third-order valence-electron chi connectivity index (χ3n) is 4.24. The molecule has 2 aliphatic rings. The van der Waals surface area contributed by atoms with Gasteiger partial charge in [-0.3, -0.25) is 9.59 Å². The molecule has 0 spiro atoms. The normalized spacial score (nSPS) is 31.2. The van der Waals surface area contributed by atoms with E-state index in [1.807, 2.05) is 0 Å². The Morgan fingerprint density at radius 2 is 2.05 bits per heavy atom. The van der Waals surface area contributed by atoms with Crippen molar-refractivity contribution in [3.8, 4) is 0 Å². The van der Waals surface area contributed by atoms with E-state index < -0.39 is 0 Å². The maximum absolute atomic E-state index is 12.4. The average molecular weight is 267 g/mol. The number of hydrogen-bond donors (Lipinski definition) is 3.